The molecule has 0 aliphatic heterocycles. The summed E-state index contributed by atoms with van der Waals surface area (Å²) in [5.41, 5.74) is 8.84. The predicted molar refractivity (Wildman–Crippen MR) is 98.3 cm³/mol. The molecule has 0 aliphatic carbocycles. The van der Waals surface area contributed by atoms with E-state index < -0.39 is 0 Å². The van der Waals surface area contributed by atoms with Gasteiger partial charge in [0.25, 0.3) is 0 Å². The van der Waals surface area contributed by atoms with E-state index in [0.29, 0.717) is 13.0 Å². The van der Waals surface area contributed by atoms with Crippen molar-refractivity contribution in [3.05, 3.63) is 28.8 Å². The minimum atomic E-state index is 0. The summed E-state index contributed by atoms with van der Waals surface area (Å²) in [7, 11) is 3.56. The van der Waals surface area contributed by atoms with E-state index in [2.05, 4.69) is 12.1 Å². The fraction of sp³-hybridized carbons (Fsp3) is 0.611. The lowest BCUT2D eigenvalue weighted by atomic mass is 10.0. The first kappa shape index (κ1) is 21.7. The molecule has 0 saturated heterocycles. The number of rotatable bonds is 9. The molecular weight excluding hydrogens is 312 g/mol. The number of halogens is 1. The SMILES string of the molecule is COc1c(C)cc(CN(C)C(=O)CCCCCCN)cc1C.Cl. The summed E-state index contributed by atoms with van der Waals surface area (Å²) in [4.78, 5) is 14.0. The van der Waals surface area contributed by atoms with Gasteiger partial charge in [-0.15, -0.1) is 12.4 Å². The van der Waals surface area contributed by atoms with Crippen LogP contribution in [0.5, 0.6) is 5.75 Å². The Morgan fingerprint density at radius 2 is 1.70 bits per heavy atom. The molecule has 0 heterocycles. The minimum absolute atomic E-state index is 0. The van der Waals surface area contributed by atoms with E-state index in [1.807, 2.05) is 25.8 Å². The monoisotopic (exact) mass is 342 g/mol. The Hall–Kier alpha value is -1.26. The molecule has 0 aromatic heterocycles. The van der Waals surface area contributed by atoms with Crippen molar-refractivity contribution < 1.29 is 9.53 Å². The maximum absolute atomic E-state index is 12.1. The molecule has 2 N–H and O–H groups in total. The fourth-order valence-corrected chi connectivity index (χ4v) is 2.78. The molecule has 4 nitrogen and oxygen atoms in total. The van der Waals surface area contributed by atoms with Crippen molar-refractivity contribution in [3.8, 4) is 5.75 Å². The second-order valence-corrected chi connectivity index (χ2v) is 5.97. The van der Waals surface area contributed by atoms with Gasteiger partial charge < -0.3 is 15.4 Å². The van der Waals surface area contributed by atoms with Crippen LogP contribution >= 0.6 is 12.4 Å². The van der Waals surface area contributed by atoms with Crippen LogP contribution in [-0.2, 0) is 11.3 Å². The van der Waals surface area contributed by atoms with E-state index >= 15 is 0 Å². The average molecular weight is 343 g/mol. The molecule has 1 aromatic rings. The first-order chi connectivity index (χ1) is 10.5. The summed E-state index contributed by atoms with van der Waals surface area (Å²) in [6.07, 6.45) is 4.81. The fourth-order valence-electron chi connectivity index (χ4n) is 2.78. The zero-order valence-electron chi connectivity index (χ0n) is 14.9. The Labute approximate surface area is 146 Å². The zero-order chi connectivity index (χ0) is 16.5. The molecule has 0 bridgehead atoms. The van der Waals surface area contributed by atoms with E-state index in [1.54, 1.807) is 7.11 Å². The lowest BCUT2D eigenvalue weighted by Crippen LogP contribution is -2.26. The van der Waals surface area contributed by atoms with Crippen molar-refractivity contribution in [2.24, 2.45) is 5.73 Å². The number of carbonyl (C=O) groups is 1. The molecule has 23 heavy (non-hydrogen) atoms. The normalized spacial score (nSPS) is 10.1. The number of amides is 1. The maximum Gasteiger partial charge on any atom is 0.222 e. The van der Waals surface area contributed by atoms with Gasteiger partial charge in [-0.05, 0) is 49.9 Å². The van der Waals surface area contributed by atoms with Gasteiger partial charge in [0.15, 0.2) is 0 Å². The van der Waals surface area contributed by atoms with Gasteiger partial charge in [0.05, 0.1) is 7.11 Å². The molecular formula is C18H31ClN2O2. The van der Waals surface area contributed by atoms with Gasteiger partial charge in [-0.3, -0.25) is 4.79 Å². The van der Waals surface area contributed by atoms with Crippen molar-refractivity contribution >= 4 is 18.3 Å². The summed E-state index contributed by atoms with van der Waals surface area (Å²) < 4.78 is 5.38. The van der Waals surface area contributed by atoms with E-state index in [9.17, 15) is 4.79 Å². The van der Waals surface area contributed by atoms with E-state index in [0.717, 1.165) is 54.7 Å². The van der Waals surface area contributed by atoms with Gasteiger partial charge >= 0.3 is 0 Å². The van der Waals surface area contributed by atoms with Crippen LogP contribution in [0.2, 0.25) is 0 Å². The van der Waals surface area contributed by atoms with Crippen LogP contribution in [0.3, 0.4) is 0 Å². The lowest BCUT2D eigenvalue weighted by molar-refractivity contribution is -0.130. The van der Waals surface area contributed by atoms with Crippen molar-refractivity contribution in [1.82, 2.24) is 4.90 Å². The maximum atomic E-state index is 12.1. The number of ether oxygens (including phenoxy) is 1. The van der Waals surface area contributed by atoms with Gasteiger partial charge in [0, 0.05) is 20.0 Å². The quantitative estimate of drug-likeness (QED) is 0.697. The molecule has 1 amide bonds. The largest absolute Gasteiger partial charge is 0.496 e. The summed E-state index contributed by atoms with van der Waals surface area (Å²) in [6.45, 7) is 5.46. The Morgan fingerprint density at radius 3 is 2.22 bits per heavy atom. The number of hydrogen-bond acceptors (Lipinski definition) is 3. The molecule has 0 fully saturated rings. The second-order valence-electron chi connectivity index (χ2n) is 5.97. The Kier molecular flexibility index (Phi) is 10.7. The standard InChI is InChI=1S/C18H30N2O2.ClH/c1-14-11-16(12-15(2)18(14)22-4)13-20(3)17(21)9-7-5-6-8-10-19;/h11-12H,5-10,13,19H2,1-4H3;1H. The zero-order valence-corrected chi connectivity index (χ0v) is 15.7. The Balaban J connectivity index is 0.00000484. The van der Waals surface area contributed by atoms with Gasteiger partial charge in [0.1, 0.15) is 5.75 Å². The van der Waals surface area contributed by atoms with E-state index in [-0.39, 0.29) is 18.3 Å². The lowest BCUT2D eigenvalue weighted by Gasteiger charge is -2.19. The highest BCUT2D eigenvalue weighted by atomic mass is 35.5. The number of nitrogens with two attached hydrogens (primary N) is 1. The number of hydrogen-bond donors (Lipinski definition) is 1. The van der Waals surface area contributed by atoms with Gasteiger partial charge in [-0.2, -0.15) is 0 Å². The molecule has 0 spiro atoms. The van der Waals surface area contributed by atoms with Crippen LogP contribution in [0.4, 0.5) is 0 Å². The van der Waals surface area contributed by atoms with Crippen molar-refractivity contribution in [1.29, 1.82) is 0 Å². The number of methoxy groups -OCH3 is 1. The number of carbonyl (C=O) groups excluding carboxylic acids is 1. The number of nitrogens with zero attached hydrogens (tertiary/aromatic N) is 1. The summed E-state index contributed by atoms with van der Waals surface area (Å²) in [5, 5.41) is 0. The van der Waals surface area contributed by atoms with Gasteiger partial charge in [-0.1, -0.05) is 25.0 Å². The Morgan fingerprint density at radius 1 is 1.13 bits per heavy atom. The molecule has 0 radical (unpaired) electrons. The first-order valence-electron chi connectivity index (χ1n) is 8.07. The summed E-state index contributed by atoms with van der Waals surface area (Å²) in [6, 6.07) is 4.19. The third kappa shape index (κ3) is 7.23. The van der Waals surface area contributed by atoms with Crippen molar-refractivity contribution in [2.45, 2.75) is 52.5 Å². The summed E-state index contributed by atoms with van der Waals surface area (Å²) in [5.74, 6) is 1.14. The number of benzene rings is 1. The molecule has 5 heteroatoms. The molecule has 0 saturated carbocycles. The van der Waals surface area contributed by atoms with Crippen molar-refractivity contribution in [3.63, 3.8) is 0 Å². The molecule has 0 aliphatic rings. The molecule has 0 unspecified atom stereocenters. The highest BCUT2D eigenvalue weighted by Crippen LogP contribution is 2.24. The third-order valence-electron chi connectivity index (χ3n) is 3.91. The number of unbranched alkanes of at least 4 members (excludes halogenated alkanes) is 3. The van der Waals surface area contributed by atoms with Crippen LogP contribution in [0.25, 0.3) is 0 Å². The van der Waals surface area contributed by atoms with Crippen LogP contribution < -0.4 is 10.5 Å². The highest BCUT2D eigenvalue weighted by Gasteiger charge is 2.11. The molecule has 132 valence electrons. The number of aryl methyl sites for hydroxylation is 2. The topological polar surface area (TPSA) is 55.6 Å². The van der Waals surface area contributed by atoms with Gasteiger partial charge in [0.2, 0.25) is 5.91 Å². The molecule has 1 aromatic carbocycles. The highest BCUT2D eigenvalue weighted by molar-refractivity contribution is 5.85. The molecule has 1 rings (SSSR count). The van der Waals surface area contributed by atoms with Crippen molar-refractivity contribution in [2.75, 3.05) is 20.7 Å². The minimum Gasteiger partial charge on any atom is -0.496 e. The van der Waals surface area contributed by atoms with Crippen LogP contribution in [0.15, 0.2) is 12.1 Å². The first-order valence-corrected chi connectivity index (χ1v) is 8.07. The van der Waals surface area contributed by atoms with Gasteiger partial charge in [-0.25, -0.2) is 0 Å². The average Bonchev–Trinajstić information content (AvgIpc) is 2.46. The smallest absolute Gasteiger partial charge is 0.222 e. The molecule has 0 atom stereocenters. The second kappa shape index (κ2) is 11.3. The summed E-state index contributed by atoms with van der Waals surface area (Å²) >= 11 is 0. The van der Waals surface area contributed by atoms with E-state index in [4.69, 9.17) is 10.5 Å². The third-order valence-corrected chi connectivity index (χ3v) is 3.91. The van der Waals surface area contributed by atoms with Crippen LogP contribution in [0, 0.1) is 13.8 Å². The van der Waals surface area contributed by atoms with Crippen LogP contribution in [-0.4, -0.2) is 31.5 Å². The van der Waals surface area contributed by atoms with E-state index in [1.165, 1.54) is 0 Å². The van der Waals surface area contributed by atoms with Crippen LogP contribution in [0.1, 0.15) is 48.8 Å². The predicted octanol–water partition coefficient (Wildman–Crippen LogP) is 3.60. The Bertz CT molecular complexity index is 469.